The summed E-state index contributed by atoms with van der Waals surface area (Å²) in [5, 5.41) is 1.77. The molecular weight excluding hydrogens is 258 g/mol. The summed E-state index contributed by atoms with van der Waals surface area (Å²) in [6, 6.07) is 0. The zero-order valence-electron chi connectivity index (χ0n) is 9.60. The summed E-state index contributed by atoms with van der Waals surface area (Å²) in [6.07, 6.45) is 1.23. The SMILES string of the molecule is COC(=O)c1c[nH]c2c(C(=O)OC)scc2c1=O. The van der Waals surface area contributed by atoms with Crippen LogP contribution in [0.1, 0.15) is 20.0 Å². The Kier molecular flexibility index (Phi) is 3.15. The molecule has 0 radical (unpaired) electrons. The van der Waals surface area contributed by atoms with Gasteiger partial charge in [0.05, 0.1) is 25.1 Å². The summed E-state index contributed by atoms with van der Waals surface area (Å²) in [5.74, 6) is -1.25. The summed E-state index contributed by atoms with van der Waals surface area (Å²) in [7, 11) is 2.45. The van der Waals surface area contributed by atoms with Crippen molar-refractivity contribution < 1.29 is 19.1 Å². The standard InChI is InChI=1S/C11H9NO5S/c1-16-10(14)5-3-12-7-6(8(5)13)4-18-9(7)11(15)17-2/h3-4,12H,1-2H3. The van der Waals surface area contributed by atoms with Gasteiger partial charge in [0.25, 0.3) is 0 Å². The average molecular weight is 267 g/mol. The van der Waals surface area contributed by atoms with Gasteiger partial charge in [0, 0.05) is 11.6 Å². The Labute approximate surface area is 105 Å². The molecule has 0 aliphatic heterocycles. The van der Waals surface area contributed by atoms with Gasteiger partial charge in [0.2, 0.25) is 5.43 Å². The molecule has 2 heterocycles. The highest BCUT2D eigenvalue weighted by Gasteiger charge is 2.19. The number of methoxy groups -OCH3 is 2. The second-order valence-corrected chi connectivity index (χ2v) is 4.25. The minimum Gasteiger partial charge on any atom is -0.465 e. The highest BCUT2D eigenvalue weighted by molar-refractivity contribution is 7.13. The van der Waals surface area contributed by atoms with Crippen LogP contribution in [-0.4, -0.2) is 31.1 Å². The van der Waals surface area contributed by atoms with Crippen molar-refractivity contribution in [3.63, 3.8) is 0 Å². The van der Waals surface area contributed by atoms with Crippen LogP contribution < -0.4 is 5.43 Å². The molecule has 0 spiro atoms. The highest BCUT2D eigenvalue weighted by Crippen LogP contribution is 2.22. The van der Waals surface area contributed by atoms with Crippen molar-refractivity contribution in [1.29, 1.82) is 0 Å². The van der Waals surface area contributed by atoms with Crippen molar-refractivity contribution in [3.05, 3.63) is 32.2 Å². The molecule has 94 valence electrons. The minimum absolute atomic E-state index is 0.0979. The first kappa shape index (κ1) is 12.3. The van der Waals surface area contributed by atoms with Gasteiger partial charge >= 0.3 is 11.9 Å². The average Bonchev–Trinajstić information content (AvgIpc) is 2.82. The molecule has 0 aromatic carbocycles. The summed E-state index contributed by atoms with van der Waals surface area (Å²) in [5.41, 5.74) is -0.203. The van der Waals surface area contributed by atoms with Crippen LogP contribution in [0.5, 0.6) is 0 Å². The second-order valence-electron chi connectivity index (χ2n) is 3.37. The number of hydrogen-bond acceptors (Lipinski definition) is 6. The van der Waals surface area contributed by atoms with Crippen LogP contribution in [0, 0.1) is 0 Å². The molecule has 6 nitrogen and oxygen atoms in total. The topological polar surface area (TPSA) is 85.5 Å². The van der Waals surface area contributed by atoms with Crippen LogP contribution in [0.3, 0.4) is 0 Å². The molecule has 0 aliphatic rings. The van der Waals surface area contributed by atoms with E-state index in [1.807, 2.05) is 0 Å². The Morgan fingerprint density at radius 1 is 1.22 bits per heavy atom. The number of fused-ring (bicyclic) bond motifs is 1. The van der Waals surface area contributed by atoms with Crippen LogP contribution in [0.2, 0.25) is 0 Å². The maximum Gasteiger partial charge on any atom is 0.350 e. The lowest BCUT2D eigenvalue weighted by atomic mass is 10.2. The molecule has 1 N–H and O–H groups in total. The molecule has 2 rings (SSSR count). The number of pyridine rings is 1. The molecule has 0 amide bonds. The molecule has 0 unspecified atom stereocenters. The van der Waals surface area contributed by atoms with Crippen LogP contribution in [0.25, 0.3) is 10.9 Å². The van der Waals surface area contributed by atoms with Gasteiger partial charge in [0.15, 0.2) is 0 Å². The van der Waals surface area contributed by atoms with Gasteiger partial charge in [-0.3, -0.25) is 4.79 Å². The summed E-state index contributed by atoms with van der Waals surface area (Å²) >= 11 is 1.08. The number of esters is 2. The lowest BCUT2D eigenvalue weighted by molar-refractivity contribution is 0.0594. The second kappa shape index (κ2) is 4.61. The molecule has 18 heavy (non-hydrogen) atoms. The maximum atomic E-state index is 12.0. The van der Waals surface area contributed by atoms with Crippen molar-refractivity contribution in [2.75, 3.05) is 14.2 Å². The molecule has 0 saturated heterocycles. The van der Waals surface area contributed by atoms with E-state index in [1.165, 1.54) is 25.8 Å². The molecule has 0 bridgehead atoms. The van der Waals surface area contributed by atoms with E-state index in [0.29, 0.717) is 10.4 Å². The van der Waals surface area contributed by atoms with Gasteiger partial charge in [-0.05, 0) is 0 Å². The summed E-state index contributed by atoms with van der Waals surface area (Å²) in [4.78, 5) is 37.8. The summed E-state index contributed by atoms with van der Waals surface area (Å²) < 4.78 is 9.09. The first-order valence-electron chi connectivity index (χ1n) is 4.89. The number of ether oxygens (including phenoxy) is 2. The lowest BCUT2D eigenvalue weighted by Gasteiger charge is -2.00. The summed E-state index contributed by atoms with van der Waals surface area (Å²) in [6.45, 7) is 0. The van der Waals surface area contributed by atoms with Crippen LogP contribution in [0.15, 0.2) is 16.4 Å². The van der Waals surface area contributed by atoms with Crippen molar-refractivity contribution in [3.8, 4) is 0 Å². The number of carbonyl (C=O) groups is 2. The number of carbonyl (C=O) groups excluding carboxylic acids is 2. The number of hydrogen-bond donors (Lipinski definition) is 1. The largest absolute Gasteiger partial charge is 0.465 e. The minimum atomic E-state index is -0.719. The Bertz CT molecular complexity index is 684. The number of thiophene rings is 1. The number of aromatic nitrogens is 1. The van der Waals surface area contributed by atoms with Gasteiger partial charge in [0.1, 0.15) is 10.4 Å². The third-order valence-electron chi connectivity index (χ3n) is 2.42. The molecule has 2 aromatic heterocycles. The molecule has 0 saturated carbocycles. The fourth-order valence-electron chi connectivity index (χ4n) is 1.53. The van der Waals surface area contributed by atoms with E-state index in [0.717, 1.165) is 11.3 Å². The van der Waals surface area contributed by atoms with E-state index in [2.05, 4.69) is 14.5 Å². The zero-order chi connectivity index (χ0) is 13.3. The first-order chi connectivity index (χ1) is 8.60. The molecule has 0 fully saturated rings. The van der Waals surface area contributed by atoms with Crippen molar-refractivity contribution in [2.45, 2.75) is 0 Å². The Hall–Kier alpha value is -2.15. The normalized spacial score (nSPS) is 10.3. The van der Waals surface area contributed by atoms with E-state index in [1.54, 1.807) is 0 Å². The van der Waals surface area contributed by atoms with E-state index >= 15 is 0 Å². The monoisotopic (exact) mass is 267 g/mol. The van der Waals surface area contributed by atoms with Crippen LogP contribution in [-0.2, 0) is 9.47 Å². The molecular formula is C11H9NO5S. The smallest absolute Gasteiger partial charge is 0.350 e. The Morgan fingerprint density at radius 2 is 1.89 bits per heavy atom. The molecule has 7 heteroatoms. The molecule has 2 aromatic rings. The molecule has 0 atom stereocenters. The van der Waals surface area contributed by atoms with Gasteiger partial charge in [-0.1, -0.05) is 0 Å². The number of H-pyrrole nitrogens is 1. The predicted molar refractivity (Wildman–Crippen MR) is 65.1 cm³/mol. The van der Waals surface area contributed by atoms with Crippen molar-refractivity contribution in [2.24, 2.45) is 0 Å². The van der Waals surface area contributed by atoms with Crippen molar-refractivity contribution in [1.82, 2.24) is 4.98 Å². The fraction of sp³-hybridized carbons (Fsp3) is 0.182. The number of aromatic amines is 1. The third kappa shape index (κ3) is 1.78. The Morgan fingerprint density at radius 3 is 2.50 bits per heavy atom. The third-order valence-corrected chi connectivity index (χ3v) is 3.38. The Balaban J connectivity index is 2.68. The van der Waals surface area contributed by atoms with Gasteiger partial charge in [-0.2, -0.15) is 0 Å². The quantitative estimate of drug-likeness (QED) is 0.825. The predicted octanol–water partition coefficient (Wildman–Crippen LogP) is 1.16. The highest BCUT2D eigenvalue weighted by atomic mass is 32.1. The molecule has 0 aliphatic carbocycles. The van der Waals surface area contributed by atoms with Crippen molar-refractivity contribution >= 4 is 34.2 Å². The lowest BCUT2D eigenvalue weighted by Crippen LogP contribution is -2.16. The van der Waals surface area contributed by atoms with Gasteiger partial charge < -0.3 is 14.5 Å². The van der Waals surface area contributed by atoms with Crippen LogP contribution >= 0.6 is 11.3 Å². The van der Waals surface area contributed by atoms with E-state index in [-0.39, 0.29) is 10.9 Å². The van der Waals surface area contributed by atoms with E-state index < -0.39 is 17.4 Å². The number of rotatable bonds is 2. The van der Waals surface area contributed by atoms with E-state index in [9.17, 15) is 14.4 Å². The zero-order valence-corrected chi connectivity index (χ0v) is 10.4. The van der Waals surface area contributed by atoms with Gasteiger partial charge in [-0.25, -0.2) is 9.59 Å². The van der Waals surface area contributed by atoms with Crippen LogP contribution in [0.4, 0.5) is 0 Å². The fourth-order valence-corrected chi connectivity index (χ4v) is 2.45. The number of nitrogens with one attached hydrogen (secondary N) is 1. The first-order valence-corrected chi connectivity index (χ1v) is 5.77. The van der Waals surface area contributed by atoms with E-state index in [4.69, 9.17) is 0 Å². The maximum absolute atomic E-state index is 12.0. The van der Waals surface area contributed by atoms with Gasteiger partial charge in [-0.15, -0.1) is 11.3 Å².